The van der Waals surface area contributed by atoms with Crippen LogP contribution in [0.1, 0.15) is 64.7 Å². The molecule has 1 aliphatic carbocycles. The fourth-order valence-corrected chi connectivity index (χ4v) is 4.23. The predicted octanol–water partition coefficient (Wildman–Crippen LogP) is 2.36. The van der Waals surface area contributed by atoms with Crippen LogP contribution in [0.25, 0.3) is 0 Å². The van der Waals surface area contributed by atoms with Crippen molar-refractivity contribution in [1.29, 1.82) is 0 Å². The summed E-state index contributed by atoms with van der Waals surface area (Å²) in [6.45, 7) is 2.21. The van der Waals surface area contributed by atoms with Gasteiger partial charge < -0.3 is 19.7 Å². The lowest BCUT2D eigenvalue weighted by molar-refractivity contribution is -0.307. The van der Waals surface area contributed by atoms with Crippen LogP contribution in [-0.2, 0) is 9.47 Å². The fraction of sp³-hybridized carbons (Fsp3) is 1.00. The van der Waals surface area contributed by atoms with E-state index < -0.39 is 18.0 Å². The Labute approximate surface area is 121 Å². The zero-order valence-electron chi connectivity index (χ0n) is 12.5. The molecule has 1 spiro atoms. The van der Waals surface area contributed by atoms with Crippen molar-refractivity contribution in [3.8, 4) is 0 Å². The maximum Gasteiger partial charge on any atom is 0.200 e. The first-order valence-electron chi connectivity index (χ1n) is 8.39. The summed E-state index contributed by atoms with van der Waals surface area (Å²) < 4.78 is 12.3. The van der Waals surface area contributed by atoms with Gasteiger partial charge in [0, 0.05) is 5.92 Å². The van der Waals surface area contributed by atoms with Gasteiger partial charge in [-0.25, -0.2) is 0 Å². The molecule has 2 aliphatic heterocycles. The monoisotopic (exact) mass is 284 g/mol. The number of unbranched alkanes of at least 4 members (excludes halogenated alkanes) is 3. The number of hydrogen-bond acceptors (Lipinski definition) is 4. The third-order valence-electron chi connectivity index (χ3n) is 5.37. The van der Waals surface area contributed by atoms with Crippen molar-refractivity contribution < 1.29 is 19.7 Å². The SMILES string of the molecule is CCCCCC[C@@H]1O[C@@]23O[C@@H]1CC[C@@H]2[C@@H](O)CC[C@@H]3O. The Morgan fingerprint density at radius 3 is 2.65 bits per heavy atom. The van der Waals surface area contributed by atoms with Crippen LogP contribution in [0.2, 0.25) is 0 Å². The van der Waals surface area contributed by atoms with E-state index in [-0.39, 0.29) is 18.1 Å². The van der Waals surface area contributed by atoms with Crippen LogP contribution in [0.5, 0.6) is 0 Å². The van der Waals surface area contributed by atoms with E-state index in [0.29, 0.717) is 12.8 Å². The van der Waals surface area contributed by atoms with Gasteiger partial charge in [-0.1, -0.05) is 32.6 Å². The molecule has 2 bridgehead atoms. The van der Waals surface area contributed by atoms with Crippen molar-refractivity contribution in [2.24, 2.45) is 5.92 Å². The summed E-state index contributed by atoms with van der Waals surface area (Å²) >= 11 is 0. The van der Waals surface area contributed by atoms with Gasteiger partial charge in [0.2, 0.25) is 5.79 Å². The van der Waals surface area contributed by atoms with Gasteiger partial charge in [0.05, 0.1) is 18.3 Å². The van der Waals surface area contributed by atoms with E-state index in [1.54, 1.807) is 0 Å². The minimum absolute atomic E-state index is 0.0526. The molecule has 1 saturated carbocycles. The number of ether oxygens (including phenoxy) is 2. The predicted molar refractivity (Wildman–Crippen MR) is 75.2 cm³/mol. The minimum atomic E-state index is -0.907. The van der Waals surface area contributed by atoms with Gasteiger partial charge >= 0.3 is 0 Å². The molecule has 116 valence electrons. The Balaban J connectivity index is 1.65. The summed E-state index contributed by atoms with van der Waals surface area (Å²) in [5, 5.41) is 20.6. The van der Waals surface area contributed by atoms with Crippen LogP contribution in [0, 0.1) is 5.92 Å². The number of aliphatic hydroxyl groups excluding tert-OH is 2. The fourth-order valence-electron chi connectivity index (χ4n) is 4.23. The van der Waals surface area contributed by atoms with Crippen molar-refractivity contribution >= 4 is 0 Å². The topological polar surface area (TPSA) is 58.9 Å². The van der Waals surface area contributed by atoms with Crippen LogP contribution in [0.15, 0.2) is 0 Å². The molecule has 4 heteroatoms. The first-order valence-corrected chi connectivity index (χ1v) is 8.39. The second-order valence-electron chi connectivity index (χ2n) is 6.73. The Kier molecular flexibility index (Phi) is 4.37. The van der Waals surface area contributed by atoms with E-state index in [0.717, 1.165) is 25.7 Å². The standard InChI is InChI=1S/C16H28O4/c1-2-3-4-5-6-13-14-9-7-11-12(17)8-10-15(18)16(11,19-13)20-14/h11-15,17-18H,2-10H2,1H3/t11-,12+,13+,14-,15+,16-/m1/s1. The molecular formula is C16H28O4. The molecule has 20 heavy (non-hydrogen) atoms. The molecular weight excluding hydrogens is 256 g/mol. The maximum atomic E-state index is 10.4. The van der Waals surface area contributed by atoms with Crippen molar-refractivity contribution in [3.63, 3.8) is 0 Å². The highest BCUT2D eigenvalue weighted by Crippen LogP contribution is 2.51. The van der Waals surface area contributed by atoms with E-state index in [2.05, 4.69) is 6.92 Å². The second kappa shape index (κ2) is 5.91. The van der Waals surface area contributed by atoms with Crippen LogP contribution >= 0.6 is 0 Å². The molecule has 4 nitrogen and oxygen atoms in total. The lowest BCUT2D eigenvalue weighted by atomic mass is 9.75. The quantitative estimate of drug-likeness (QED) is 0.761. The smallest absolute Gasteiger partial charge is 0.200 e. The van der Waals surface area contributed by atoms with E-state index in [4.69, 9.17) is 9.47 Å². The van der Waals surface area contributed by atoms with Crippen molar-refractivity contribution in [3.05, 3.63) is 0 Å². The molecule has 0 aromatic rings. The molecule has 0 aromatic heterocycles. The number of hydrogen-bond donors (Lipinski definition) is 2. The van der Waals surface area contributed by atoms with E-state index >= 15 is 0 Å². The number of fused-ring (bicyclic) bond motifs is 1. The molecule has 0 aromatic carbocycles. The summed E-state index contributed by atoms with van der Waals surface area (Å²) in [5.74, 6) is -0.959. The van der Waals surface area contributed by atoms with Gasteiger partial charge in [0.1, 0.15) is 6.10 Å². The maximum absolute atomic E-state index is 10.4. The summed E-state index contributed by atoms with van der Waals surface area (Å²) in [4.78, 5) is 0. The Morgan fingerprint density at radius 1 is 1.00 bits per heavy atom. The largest absolute Gasteiger partial charge is 0.393 e. The molecule has 2 saturated heterocycles. The first kappa shape index (κ1) is 14.8. The summed E-state index contributed by atoms with van der Waals surface area (Å²) in [6, 6.07) is 0. The van der Waals surface area contributed by atoms with Crippen molar-refractivity contribution in [1.82, 2.24) is 0 Å². The van der Waals surface area contributed by atoms with Gasteiger partial charge in [-0.15, -0.1) is 0 Å². The van der Waals surface area contributed by atoms with E-state index in [9.17, 15) is 10.2 Å². The van der Waals surface area contributed by atoms with Gasteiger partial charge in [0.15, 0.2) is 0 Å². The summed E-state index contributed by atoms with van der Waals surface area (Å²) in [5.41, 5.74) is 0. The molecule has 0 radical (unpaired) electrons. The van der Waals surface area contributed by atoms with Crippen LogP contribution < -0.4 is 0 Å². The zero-order valence-corrected chi connectivity index (χ0v) is 12.5. The molecule has 0 unspecified atom stereocenters. The number of rotatable bonds is 5. The lowest BCUT2D eigenvalue weighted by Gasteiger charge is -2.47. The van der Waals surface area contributed by atoms with Crippen LogP contribution in [0.4, 0.5) is 0 Å². The van der Waals surface area contributed by atoms with Gasteiger partial charge in [0.25, 0.3) is 0 Å². The first-order chi connectivity index (χ1) is 9.67. The molecule has 3 aliphatic rings. The van der Waals surface area contributed by atoms with Crippen LogP contribution in [0.3, 0.4) is 0 Å². The van der Waals surface area contributed by atoms with Crippen LogP contribution in [-0.4, -0.2) is 40.4 Å². The second-order valence-corrected chi connectivity index (χ2v) is 6.73. The summed E-state index contributed by atoms with van der Waals surface area (Å²) in [6.07, 6.45) is 8.28. The molecule has 6 atom stereocenters. The average Bonchev–Trinajstić information content (AvgIpc) is 2.73. The Hall–Kier alpha value is -0.160. The molecule has 2 N–H and O–H groups in total. The van der Waals surface area contributed by atoms with Gasteiger partial charge in [-0.05, 0) is 32.1 Å². The third kappa shape index (κ3) is 2.41. The zero-order chi connectivity index (χ0) is 14.2. The van der Waals surface area contributed by atoms with E-state index in [1.807, 2.05) is 0 Å². The Morgan fingerprint density at radius 2 is 1.85 bits per heavy atom. The molecule has 3 rings (SSSR count). The lowest BCUT2D eigenvalue weighted by Crippen LogP contribution is -2.59. The van der Waals surface area contributed by atoms with E-state index in [1.165, 1.54) is 19.3 Å². The summed E-state index contributed by atoms with van der Waals surface area (Å²) in [7, 11) is 0. The Bertz CT molecular complexity index is 334. The highest BCUT2D eigenvalue weighted by atomic mass is 16.8. The highest BCUT2D eigenvalue weighted by Gasteiger charge is 2.62. The minimum Gasteiger partial charge on any atom is -0.393 e. The number of aliphatic hydroxyl groups is 2. The third-order valence-corrected chi connectivity index (χ3v) is 5.37. The highest BCUT2D eigenvalue weighted by molar-refractivity contribution is 5.04. The molecule has 2 heterocycles. The van der Waals surface area contributed by atoms with Crippen molar-refractivity contribution in [2.45, 2.75) is 94.9 Å². The average molecular weight is 284 g/mol. The van der Waals surface area contributed by atoms with Gasteiger partial charge in [-0.2, -0.15) is 0 Å². The molecule has 3 fully saturated rings. The van der Waals surface area contributed by atoms with Crippen molar-refractivity contribution in [2.75, 3.05) is 0 Å². The normalized spacial score (nSPS) is 47.2. The van der Waals surface area contributed by atoms with Gasteiger partial charge in [-0.3, -0.25) is 0 Å². The molecule has 0 amide bonds.